The molecule has 0 saturated heterocycles. The monoisotopic (exact) mass is 438 g/mol. The van der Waals surface area contributed by atoms with Crippen LogP contribution in [0, 0.1) is 17.2 Å². The summed E-state index contributed by atoms with van der Waals surface area (Å²) in [6.45, 7) is 4.17. The summed E-state index contributed by atoms with van der Waals surface area (Å²) in [7, 11) is 0. The first-order valence-electron chi connectivity index (χ1n) is 8.09. The normalized spacial score (nSPS) is 12.6. The van der Waals surface area contributed by atoms with Gasteiger partial charge < -0.3 is 10.8 Å². The molecule has 2 aromatic rings. The lowest BCUT2D eigenvalue weighted by Gasteiger charge is -2.23. The molecule has 2 rings (SSSR count). The molecular weight excluding hydrogens is 416 g/mol. The van der Waals surface area contributed by atoms with Crippen LogP contribution in [0.2, 0.25) is 0 Å². The molecule has 1 aromatic carbocycles. The minimum absolute atomic E-state index is 0.125. The van der Waals surface area contributed by atoms with E-state index in [2.05, 4.69) is 32.0 Å². The zero-order chi connectivity index (χ0) is 19.5. The molecule has 0 amide bonds. The second kappa shape index (κ2) is 11.8. The van der Waals surface area contributed by atoms with Crippen LogP contribution in [0.5, 0.6) is 0 Å². The van der Waals surface area contributed by atoms with Crippen molar-refractivity contribution in [3.63, 3.8) is 0 Å². The molecule has 140 valence electrons. The van der Waals surface area contributed by atoms with Crippen molar-refractivity contribution in [2.75, 3.05) is 6.54 Å². The number of aliphatic carboxylic acids is 1. The third-order valence-electron chi connectivity index (χ3n) is 3.37. The number of carboxylic acids is 1. The number of nitriles is 1. The highest BCUT2D eigenvalue weighted by Gasteiger charge is 2.25. The number of nitrogens with zero attached hydrogens (tertiary/aromatic N) is 2. The fourth-order valence-electron chi connectivity index (χ4n) is 2.26. The summed E-state index contributed by atoms with van der Waals surface area (Å²) in [5, 5.41) is 23.0. The van der Waals surface area contributed by atoms with Crippen LogP contribution in [0.4, 0.5) is 0 Å². The first kappa shape index (κ1) is 22.3. The molecule has 0 aliphatic heterocycles. The molecule has 8 heteroatoms. The Labute approximate surface area is 166 Å². The molecule has 0 aliphatic carbocycles. The van der Waals surface area contributed by atoms with E-state index in [0.29, 0.717) is 12.3 Å². The molecule has 2 atom stereocenters. The van der Waals surface area contributed by atoms with Crippen LogP contribution in [0.1, 0.15) is 36.9 Å². The van der Waals surface area contributed by atoms with E-state index in [1.807, 2.05) is 43.5 Å². The van der Waals surface area contributed by atoms with Crippen molar-refractivity contribution in [2.24, 2.45) is 11.7 Å². The van der Waals surface area contributed by atoms with Gasteiger partial charge in [-0.3, -0.25) is 10.1 Å². The quantitative estimate of drug-likeness (QED) is 0.569. The summed E-state index contributed by atoms with van der Waals surface area (Å²) in [6, 6.07) is 8.77. The fourth-order valence-corrected chi connectivity index (χ4v) is 3.24. The van der Waals surface area contributed by atoms with Gasteiger partial charge >= 0.3 is 5.97 Å². The van der Waals surface area contributed by atoms with Gasteiger partial charge in [0.05, 0.1) is 18.7 Å². The fraction of sp³-hybridized carbons (Fsp3) is 0.389. The largest absolute Gasteiger partial charge is 0.480 e. The number of halogens is 1. The highest BCUT2D eigenvalue weighted by atomic mass is 79.9. The number of benzene rings is 1. The molecule has 6 nitrogen and oxygen atoms in total. The number of hydrogen-bond donors (Lipinski definition) is 3. The van der Waals surface area contributed by atoms with Gasteiger partial charge in [0.15, 0.2) is 0 Å². The summed E-state index contributed by atoms with van der Waals surface area (Å²) < 4.78 is 0.992. The summed E-state index contributed by atoms with van der Waals surface area (Å²) in [5.41, 5.74) is 5.67. The Morgan fingerprint density at radius 1 is 1.42 bits per heavy atom. The number of rotatable bonds is 7. The van der Waals surface area contributed by atoms with Gasteiger partial charge in [-0.15, -0.1) is 11.3 Å². The standard InChI is InChI=1S/C16H19BrN2O2S.C2H4N2/c1-10(2)9-13(16(20)21)19-14(15-18-7-8-22-15)11-3-5-12(17)6-4-11;3-1-2-4/h3-8,10,13-14,19H,9H2,1-2H3,(H,20,21);1,3H2/t13-,14-;/m0./s1. The van der Waals surface area contributed by atoms with Crippen molar-refractivity contribution in [2.45, 2.75) is 32.4 Å². The van der Waals surface area contributed by atoms with E-state index in [1.54, 1.807) is 12.3 Å². The van der Waals surface area contributed by atoms with Crippen LogP contribution in [0.15, 0.2) is 40.3 Å². The van der Waals surface area contributed by atoms with E-state index in [-0.39, 0.29) is 12.6 Å². The number of hydrogen-bond acceptors (Lipinski definition) is 6. The highest BCUT2D eigenvalue weighted by Crippen LogP contribution is 2.26. The van der Waals surface area contributed by atoms with Gasteiger partial charge in [-0.2, -0.15) is 5.26 Å². The minimum Gasteiger partial charge on any atom is -0.480 e. The van der Waals surface area contributed by atoms with E-state index < -0.39 is 12.0 Å². The second-order valence-corrected chi connectivity index (χ2v) is 7.75. The first-order chi connectivity index (χ1) is 12.4. The zero-order valence-electron chi connectivity index (χ0n) is 14.7. The van der Waals surface area contributed by atoms with E-state index in [1.165, 1.54) is 11.3 Å². The second-order valence-electron chi connectivity index (χ2n) is 5.90. The van der Waals surface area contributed by atoms with Crippen LogP contribution >= 0.6 is 27.3 Å². The number of carbonyl (C=O) groups is 1. The number of thiazole rings is 1. The Morgan fingerprint density at radius 2 is 2.04 bits per heavy atom. The lowest BCUT2D eigenvalue weighted by atomic mass is 10.0. The van der Waals surface area contributed by atoms with Gasteiger partial charge in [0.1, 0.15) is 11.0 Å². The molecule has 0 fully saturated rings. The van der Waals surface area contributed by atoms with Crippen LogP contribution in [-0.4, -0.2) is 28.6 Å². The maximum Gasteiger partial charge on any atom is 0.320 e. The van der Waals surface area contributed by atoms with Gasteiger partial charge in [0, 0.05) is 16.0 Å². The summed E-state index contributed by atoms with van der Waals surface area (Å²) in [5.74, 6) is -0.525. The smallest absolute Gasteiger partial charge is 0.320 e. The molecule has 0 aliphatic rings. The third-order valence-corrected chi connectivity index (χ3v) is 4.74. The van der Waals surface area contributed by atoms with Gasteiger partial charge in [0.25, 0.3) is 0 Å². The van der Waals surface area contributed by atoms with Gasteiger partial charge in [-0.25, -0.2) is 4.98 Å². The molecule has 1 aromatic heterocycles. The zero-order valence-corrected chi connectivity index (χ0v) is 17.1. The van der Waals surface area contributed by atoms with Gasteiger partial charge in [-0.1, -0.05) is 41.9 Å². The maximum atomic E-state index is 11.5. The average molecular weight is 439 g/mol. The van der Waals surface area contributed by atoms with Crippen LogP contribution < -0.4 is 11.1 Å². The Morgan fingerprint density at radius 3 is 2.46 bits per heavy atom. The Balaban J connectivity index is 0.000000765. The lowest BCUT2D eigenvalue weighted by Crippen LogP contribution is -2.40. The Kier molecular flexibility index (Phi) is 10.1. The van der Waals surface area contributed by atoms with Crippen molar-refractivity contribution in [1.29, 1.82) is 5.26 Å². The van der Waals surface area contributed by atoms with Crippen LogP contribution in [-0.2, 0) is 4.79 Å². The predicted molar refractivity (Wildman–Crippen MR) is 107 cm³/mol. The summed E-state index contributed by atoms with van der Waals surface area (Å²) in [4.78, 5) is 15.9. The topological polar surface area (TPSA) is 112 Å². The predicted octanol–water partition coefficient (Wildman–Crippen LogP) is 3.55. The van der Waals surface area contributed by atoms with E-state index in [4.69, 9.17) is 5.26 Å². The molecule has 0 bridgehead atoms. The third kappa shape index (κ3) is 7.62. The molecule has 0 unspecified atom stereocenters. The number of carboxylic acid groups (broad SMARTS) is 1. The van der Waals surface area contributed by atoms with Gasteiger partial charge in [-0.05, 0) is 30.0 Å². The van der Waals surface area contributed by atoms with Crippen molar-refractivity contribution in [3.05, 3.63) is 50.9 Å². The van der Waals surface area contributed by atoms with Crippen molar-refractivity contribution in [1.82, 2.24) is 10.3 Å². The lowest BCUT2D eigenvalue weighted by molar-refractivity contribution is -0.140. The molecule has 0 radical (unpaired) electrons. The maximum absolute atomic E-state index is 11.5. The van der Waals surface area contributed by atoms with Crippen molar-refractivity contribution in [3.8, 4) is 6.07 Å². The van der Waals surface area contributed by atoms with E-state index in [0.717, 1.165) is 15.0 Å². The van der Waals surface area contributed by atoms with Crippen molar-refractivity contribution >= 4 is 33.2 Å². The number of nitrogens with one attached hydrogen (secondary N) is 1. The summed E-state index contributed by atoms with van der Waals surface area (Å²) in [6.07, 6.45) is 2.32. The SMILES string of the molecule is CC(C)C[C@H](N[C@@H](c1ccc(Br)cc1)c1nccs1)C(=O)O.N#CCN. The average Bonchev–Trinajstić information content (AvgIpc) is 3.13. The molecular formula is C18H23BrN4O2S. The Bertz CT molecular complexity index is 699. The summed E-state index contributed by atoms with van der Waals surface area (Å²) >= 11 is 4.95. The highest BCUT2D eigenvalue weighted by molar-refractivity contribution is 9.10. The first-order valence-corrected chi connectivity index (χ1v) is 9.77. The van der Waals surface area contributed by atoms with Crippen LogP contribution in [0.3, 0.4) is 0 Å². The molecule has 4 N–H and O–H groups in total. The van der Waals surface area contributed by atoms with Gasteiger partial charge in [0.2, 0.25) is 0 Å². The molecule has 1 heterocycles. The minimum atomic E-state index is -0.827. The number of aromatic nitrogens is 1. The molecule has 0 spiro atoms. The van der Waals surface area contributed by atoms with E-state index >= 15 is 0 Å². The van der Waals surface area contributed by atoms with Crippen molar-refractivity contribution < 1.29 is 9.90 Å². The Hall–Kier alpha value is -1.79. The number of nitrogens with two attached hydrogens (primary N) is 1. The van der Waals surface area contributed by atoms with Crippen LogP contribution in [0.25, 0.3) is 0 Å². The van der Waals surface area contributed by atoms with E-state index in [9.17, 15) is 9.90 Å². The molecule has 0 saturated carbocycles. The molecule has 26 heavy (non-hydrogen) atoms.